The van der Waals surface area contributed by atoms with Crippen LogP contribution >= 0.6 is 0 Å². The van der Waals surface area contributed by atoms with Crippen molar-refractivity contribution in [2.24, 2.45) is 0 Å². The van der Waals surface area contributed by atoms with Gasteiger partial charge >= 0.3 is 0 Å². The number of allylic oxidation sites excluding steroid dienone is 1. The first-order chi connectivity index (χ1) is 10.3. The third kappa shape index (κ3) is 3.62. The van der Waals surface area contributed by atoms with E-state index in [1.165, 1.54) is 12.1 Å². The van der Waals surface area contributed by atoms with Crippen molar-refractivity contribution in [1.82, 2.24) is 0 Å². The first-order valence-corrected chi connectivity index (χ1v) is 8.62. The standard InChI is InChI=1S/C17H18O4S/c1-12(13-6-4-3-5-7-13)16(17(18)19)14-8-10-15(11-9-14)22(2,20)21/h3-11,17-19H,1-2H3. The van der Waals surface area contributed by atoms with Crippen LogP contribution in [0.3, 0.4) is 0 Å². The third-order valence-corrected chi connectivity index (χ3v) is 4.59. The minimum atomic E-state index is -3.28. The van der Waals surface area contributed by atoms with Gasteiger partial charge in [0.2, 0.25) is 0 Å². The molecule has 2 N–H and O–H groups in total. The first-order valence-electron chi connectivity index (χ1n) is 6.73. The van der Waals surface area contributed by atoms with Crippen LogP contribution in [0.1, 0.15) is 18.1 Å². The summed E-state index contributed by atoms with van der Waals surface area (Å²) >= 11 is 0. The molecule has 0 heterocycles. The van der Waals surface area contributed by atoms with Crippen molar-refractivity contribution >= 4 is 21.0 Å². The van der Waals surface area contributed by atoms with E-state index in [1.807, 2.05) is 30.3 Å². The minimum Gasteiger partial charge on any atom is -0.364 e. The topological polar surface area (TPSA) is 74.6 Å². The summed E-state index contributed by atoms with van der Waals surface area (Å²) in [6.45, 7) is 1.80. The lowest BCUT2D eigenvalue weighted by Gasteiger charge is -2.15. The van der Waals surface area contributed by atoms with Crippen LogP contribution in [0.5, 0.6) is 0 Å². The molecule has 4 nitrogen and oxygen atoms in total. The highest BCUT2D eigenvalue weighted by Crippen LogP contribution is 2.28. The Morgan fingerprint density at radius 1 is 0.909 bits per heavy atom. The van der Waals surface area contributed by atoms with Gasteiger partial charge in [-0.2, -0.15) is 0 Å². The number of hydrogen-bond donors (Lipinski definition) is 2. The molecule has 2 aromatic carbocycles. The molecule has 0 aliphatic rings. The SMILES string of the molecule is CC(=C(c1ccc(S(C)(=O)=O)cc1)C(O)O)c1ccccc1. The number of hydrogen-bond acceptors (Lipinski definition) is 4. The molecule has 2 rings (SSSR count). The smallest absolute Gasteiger partial charge is 0.179 e. The van der Waals surface area contributed by atoms with Crippen LogP contribution in [0, 0.1) is 0 Å². The number of aliphatic hydroxyl groups is 2. The Kier molecular flexibility index (Phi) is 4.81. The summed E-state index contributed by atoms with van der Waals surface area (Å²) < 4.78 is 23.0. The molecular formula is C17H18O4S. The van der Waals surface area contributed by atoms with E-state index in [2.05, 4.69) is 0 Å². The summed E-state index contributed by atoms with van der Waals surface area (Å²) in [5.41, 5.74) is 2.52. The van der Waals surface area contributed by atoms with Crippen LogP contribution in [0.25, 0.3) is 11.1 Å². The molecule has 116 valence electrons. The van der Waals surface area contributed by atoms with Gasteiger partial charge in [-0.05, 0) is 35.8 Å². The van der Waals surface area contributed by atoms with E-state index < -0.39 is 16.1 Å². The van der Waals surface area contributed by atoms with Gasteiger partial charge in [-0.3, -0.25) is 0 Å². The Morgan fingerprint density at radius 2 is 1.45 bits per heavy atom. The van der Waals surface area contributed by atoms with Crippen LogP contribution in [-0.4, -0.2) is 31.2 Å². The van der Waals surface area contributed by atoms with Crippen molar-refractivity contribution in [3.05, 3.63) is 65.7 Å². The van der Waals surface area contributed by atoms with Gasteiger partial charge in [0.05, 0.1) is 4.90 Å². The zero-order valence-corrected chi connectivity index (χ0v) is 13.2. The fourth-order valence-corrected chi connectivity index (χ4v) is 2.92. The Labute approximate surface area is 130 Å². The molecular weight excluding hydrogens is 300 g/mol. The molecule has 0 saturated carbocycles. The molecule has 2 aromatic rings. The lowest BCUT2D eigenvalue weighted by atomic mass is 9.95. The second-order valence-electron chi connectivity index (χ2n) is 5.07. The van der Waals surface area contributed by atoms with Gasteiger partial charge in [-0.15, -0.1) is 0 Å². The van der Waals surface area contributed by atoms with Crippen molar-refractivity contribution < 1.29 is 18.6 Å². The Balaban J connectivity index is 2.54. The van der Waals surface area contributed by atoms with Crippen LogP contribution < -0.4 is 0 Å². The molecule has 0 aliphatic heterocycles. The average molecular weight is 318 g/mol. The monoisotopic (exact) mass is 318 g/mol. The summed E-state index contributed by atoms with van der Waals surface area (Å²) in [6.07, 6.45) is -0.515. The molecule has 22 heavy (non-hydrogen) atoms. The highest BCUT2D eigenvalue weighted by atomic mass is 32.2. The van der Waals surface area contributed by atoms with Gasteiger partial charge in [0.15, 0.2) is 16.1 Å². The summed E-state index contributed by atoms with van der Waals surface area (Å²) in [6, 6.07) is 15.5. The molecule has 0 bridgehead atoms. The van der Waals surface area contributed by atoms with Gasteiger partial charge in [0, 0.05) is 11.8 Å². The maximum atomic E-state index is 11.5. The van der Waals surface area contributed by atoms with E-state index in [0.29, 0.717) is 11.1 Å². The lowest BCUT2D eigenvalue weighted by Crippen LogP contribution is -2.10. The summed E-state index contributed by atoms with van der Waals surface area (Å²) in [4.78, 5) is 0.195. The highest BCUT2D eigenvalue weighted by molar-refractivity contribution is 7.90. The zero-order valence-electron chi connectivity index (χ0n) is 12.4. The second kappa shape index (κ2) is 6.44. The van der Waals surface area contributed by atoms with Crippen LogP contribution in [0.2, 0.25) is 0 Å². The predicted octanol–water partition coefficient (Wildman–Crippen LogP) is 2.33. The molecule has 0 atom stereocenters. The van der Waals surface area contributed by atoms with Crippen molar-refractivity contribution in [1.29, 1.82) is 0 Å². The van der Waals surface area contributed by atoms with Crippen molar-refractivity contribution in [3.63, 3.8) is 0 Å². The van der Waals surface area contributed by atoms with Gasteiger partial charge in [0.25, 0.3) is 0 Å². The second-order valence-corrected chi connectivity index (χ2v) is 7.09. The highest BCUT2D eigenvalue weighted by Gasteiger charge is 2.15. The number of benzene rings is 2. The Bertz CT molecular complexity index is 773. The molecule has 5 heteroatoms. The van der Waals surface area contributed by atoms with E-state index >= 15 is 0 Å². The van der Waals surface area contributed by atoms with Crippen molar-refractivity contribution in [2.45, 2.75) is 18.1 Å². The normalized spacial score (nSPS) is 13.1. The molecule has 0 radical (unpaired) electrons. The van der Waals surface area contributed by atoms with Crippen LogP contribution in [0.4, 0.5) is 0 Å². The van der Waals surface area contributed by atoms with E-state index in [4.69, 9.17) is 0 Å². The first kappa shape index (κ1) is 16.4. The molecule has 0 amide bonds. The van der Waals surface area contributed by atoms with Crippen LogP contribution in [-0.2, 0) is 9.84 Å². The Morgan fingerprint density at radius 3 is 1.91 bits per heavy atom. The minimum absolute atomic E-state index is 0.195. The Hall–Kier alpha value is -1.95. The molecule has 0 aromatic heterocycles. The van der Waals surface area contributed by atoms with Crippen molar-refractivity contribution in [2.75, 3.05) is 6.26 Å². The molecule has 0 aliphatic carbocycles. The average Bonchev–Trinajstić information content (AvgIpc) is 2.47. The molecule has 0 fully saturated rings. The number of rotatable bonds is 4. The van der Waals surface area contributed by atoms with E-state index in [9.17, 15) is 18.6 Å². The van der Waals surface area contributed by atoms with Crippen LogP contribution in [0.15, 0.2) is 59.5 Å². The van der Waals surface area contributed by atoms with Gasteiger partial charge < -0.3 is 10.2 Å². The largest absolute Gasteiger partial charge is 0.364 e. The number of sulfone groups is 1. The molecule has 0 unspecified atom stereocenters. The summed E-state index contributed by atoms with van der Waals surface area (Å²) in [5, 5.41) is 19.4. The number of aliphatic hydroxyl groups excluding tert-OH is 1. The summed E-state index contributed by atoms with van der Waals surface area (Å²) in [7, 11) is -3.28. The maximum Gasteiger partial charge on any atom is 0.179 e. The predicted molar refractivity (Wildman–Crippen MR) is 86.7 cm³/mol. The van der Waals surface area contributed by atoms with E-state index in [1.54, 1.807) is 19.1 Å². The van der Waals surface area contributed by atoms with E-state index in [0.717, 1.165) is 17.4 Å². The zero-order chi connectivity index (χ0) is 16.3. The lowest BCUT2D eigenvalue weighted by molar-refractivity contribution is 0.0116. The maximum absolute atomic E-state index is 11.5. The third-order valence-electron chi connectivity index (χ3n) is 3.46. The van der Waals surface area contributed by atoms with Gasteiger partial charge in [-0.25, -0.2) is 8.42 Å². The quantitative estimate of drug-likeness (QED) is 0.670. The van der Waals surface area contributed by atoms with Crippen molar-refractivity contribution in [3.8, 4) is 0 Å². The van der Waals surface area contributed by atoms with Gasteiger partial charge in [0.1, 0.15) is 0 Å². The fraction of sp³-hybridized carbons (Fsp3) is 0.176. The summed E-state index contributed by atoms with van der Waals surface area (Å²) in [5.74, 6) is 0. The molecule has 0 spiro atoms. The molecule has 0 saturated heterocycles. The van der Waals surface area contributed by atoms with Gasteiger partial charge in [-0.1, -0.05) is 42.5 Å². The van der Waals surface area contributed by atoms with E-state index in [-0.39, 0.29) is 4.90 Å². The fourth-order valence-electron chi connectivity index (χ4n) is 2.28.